The van der Waals surface area contributed by atoms with Gasteiger partial charge in [0.15, 0.2) is 29.1 Å². The van der Waals surface area contributed by atoms with E-state index in [0.29, 0.717) is 48.4 Å². The molecule has 2 aromatic rings. The summed E-state index contributed by atoms with van der Waals surface area (Å²) in [5.41, 5.74) is 0.816. The molecule has 1 aliphatic rings. The molecule has 0 unspecified atom stereocenters. The first-order valence-electron chi connectivity index (χ1n) is 8.83. The minimum absolute atomic E-state index is 0.248. The average molecular weight is 388 g/mol. The molecule has 1 aliphatic heterocycles. The Morgan fingerprint density at radius 3 is 2.36 bits per heavy atom. The molecule has 0 saturated carbocycles. The number of hydrogen-bond donors (Lipinski definition) is 2. The van der Waals surface area contributed by atoms with Gasteiger partial charge < -0.3 is 34.3 Å². The van der Waals surface area contributed by atoms with Crippen LogP contribution in [0.1, 0.15) is 5.56 Å². The van der Waals surface area contributed by atoms with E-state index in [4.69, 9.17) is 23.7 Å². The van der Waals surface area contributed by atoms with Crippen LogP contribution < -0.4 is 34.3 Å². The summed E-state index contributed by atoms with van der Waals surface area (Å²) >= 11 is 0. The van der Waals surface area contributed by atoms with Gasteiger partial charge in [0.05, 0.1) is 27.9 Å². The third-order valence-corrected chi connectivity index (χ3v) is 4.24. The fourth-order valence-electron chi connectivity index (χ4n) is 2.85. The quantitative estimate of drug-likeness (QED) is 0.757. The average Bonchev–Trinajstić information content (AvgIpc) is 2.75. The standard InChI is InChI=1S/C20H24N2O6/c1-24-17-8-13(9-18(25-2)19(17)26-3)10-21-20(23)22-11-14-12-27-15-6-4-5-7-16(15)28-14/h4-9,14H,10-12H2,1-3H3,(H2,21,22,23)/t14-/m0/s1. The summed E-state index contributed by atoms with van der Waals surface area (Å²) in [6.45, 7) is 1.01. The number of rotatable bonds is 7. The molecule has 28 heavy (non-hydrogen) atoms. The van der Waals surface area contributed by atoms with Gasteiger partial charge in [0.25, 0.3) is 0 Å². The maximum Gasteiger partial charge on any atom is 0.315 e. The largest absolute Gasteiger partial charge is 0.493 e. The predicted octanol–water partition coefficient (Wildman–Crippen LogP) is 2.35. The maximum atomic E-state index is 12.1. The maximum absolute atomic E-state index is 12.1. The van der Waals surface area contributed by atoms with E-state index in [2.05, 4.69) is 10.6 Å². The molecule has 0 radical (unpaired) electrons. The summed E-state index contributed by atoms with van der Waals surface area (Å²) in [6.07, 6.45) is -0.248. The zero-order chi connectivity index (χ0) is 19.9. The molecule has 0 fully saturated rings. The number of nitrogens with one attached hydrogen (secondary N) is 2. The summed E-state index contributed by atoms with van der Waals surface area (Å²) < 4.78 is 27.4. The third-order valence-electron chi connectivity index (χ3n) is 4.24. The fraction of sp³-hybridized carbons (Fsp3) is 0.350. The number of methoxy groups -OCH3 is 3. The highest BCUT2D eigenvalue weighted by atomic mass is 16.6. The molecule has 0 saturated heterocycles. The monoisotopic (exact) mass is 388 g/mol. The number of amides is 2. The van der Waals surface area contributed by atoms with Crippen LogP contribution in [0.4, 0.5) is 4.79 Å². The number of carbonyl (C=O) groups excluding carboxylic acids is 1. The van der Waals surface area contributed by atoms with Crippen LogP contribution in [0.3, 0.4) is 0 Å². The van der Waals surface area contributed by atoms with E-state index in [0.717, 1.165) is 5.56 Å². The predicted molar refractivity (Wildman–Crippen MR) is 103 cm³/mol. The molecule has 0 aromatic heterocycles. The Morgan fingerprint density at radius 1 is 1.04 bits per heavy atom. The van der Waals surface area contributed by atoms with Crippen LogP contribution in [-0.2, 0) is 6.54 Å². The zero-order valence-electron chi connectivity index (χ0n) is 16.1. The van der Waals surface area contributed by atoms with Crippen molar-refractivity contribution in [2.24, 2.45) is 0 Å². The van der Waals surface area contributed by atoms with Crippen LogP contribution in [0.25, 0.3) is 0 Å². The second-order valence-electron chi connectivity index (χ2n) is 6.09. The lowest BCUT2D eigenvalue weighted by atomic mass is 10.2. The number of para-hydroxylation sites is 2. The van der Waals surface area contributed by atoms with Gasteiger partial charge in [-0.25, -0.2) is 4.79 Å². The second-order valence-corrected chi connectivity index (χ2v) is 6.09. The Labute approximate surface area is 163 Å². The molecule has 0 spiro atoms. The van der Waals surface area contributed by atoms with E-state index in [1.165, 1.54) is 0 Å². The Hall–Kier alpha value is -3.29. The van der Waals surface area contributed by atoms with Crippen molar-refractivity contribution in [3.05, 3.63) is 42.0 Å². The Balaban J connectivity index is 1.51. The van der Waals surface area contributed by atoms with Crippen LogP contribution >= 0.6 is 0 Å². The van der Waals surface area contributed by atoms with Crippen molar-refractivity contribution in [3.63, 3.8) is 0 Å². The molecule has 2 amide bonds. The smallest absolute Gasteiger partial charge is 0.315 e. The van der Waals surface area contributed by atoms with Crippen molar-refractivity contribution in [1.82, 2.24) is 10.6 Å². The highest BCUT2D eigenvalue weighted by Crippen LogP contribution is 2.38. The summed E-state index contributed by atoms with van der Waals surface area (Å²) in [7, 11) is 4.64. The van der Waals surface area contributed by atoms with Crippen LogP contribution in [0, 0.1) is 0 Å². The lowest BCUT2D eigenvalue weighted by Gasteiger charge is -2.26. The van der Waals surface area contributed by atoms with Crippen LogP contribution in [0.2, 0.25) is 0 Å². The summed E-state index contributed by atoms with van der Waals surface area (Å²) in [4.78, 5) is 12.1. The molecular formula is C20H24N2O6. The second kappa shape index (κ2) is 9.07. The van der Waals surface area contributed by atoms with E-state index >= 15 is 0 Å². The van der Waals surface area contributed by atoms with E-state index in [1.807, 2.05) is 24.3 Å². The van der Waals surface area contributed by atoms with E-state index in [1.54, 1.807) is 33.5 Å². The third kappa shape index (κ3) is 4.51. The minimum atomic E-state index is -0.309. The molecule has 2 N–H and O–H groups in total. The van der Waals surface area contributed by atoms with Gasteiger partial charge in [0, 0.05) is 6.54 Å². The van der Waals surface area contributed by atoms with Crippen molar-refractivity contribution in [1.29, 1.82) is 0 Å². The number of benzene rings is 2. The SMILES string of the molecule is COc1cc(CNC(=O)NC[C@H]2COc3ccccc3O2)cc(OC)c1OC. The van der Waals surface area contributed by atoms with E-state index in [9.17, 15) is 4.79 Å². The molecule has 8 heteroatoms. The van der Waals surface area contributed by atoms with Gasteiger partial charge in [0.1, 0.15) is 6.61 Å². The molecule has 8 nitrogen and oxygen atoms in total. The molecule has 1 atom stereocenters. The Bertz CT molecular complexity index is 801. The van der Waals surface area contributed by atoms with Crippen molar-refractivity contribution in [2.75, 3.05) is 34.5 Å². The molecule has 3 rings (SSSR count). The first kappa shape index (κ1) is 19.5. The highest BCUT2D eigenvalue weighted by Gasteiger charge is 2.21. The van der Waals surface area contributed by atoms with Crippen LogP contribution in [0.15, 0.2) is 36.4 Å². The Kier molecular flexibility index (Phi) is 6.31. The molecule has 0 aliphatic carbocycles. The van der Waals surface area contributed by atoms with Gasteiger partial charge in [0.2, 0.25) is 5.75 Å². The van der Waals surface area contributed by atoms with Crippen LogP contribution in [0.5, 0.6) is 28.7 Å². The number of urea groups is 1. The van der Waals surface area contributed by atoms with Crippen LogP contribution in [-0.4, -0.2) is 46.6 Å². The van der Waals surface area contributed by atoms with Crippen molar-refractivity contribution < 1.29 is 28.5 Å². The summed E-state index contributed by atoms with van der Waals surface area (Å²) in [5, 5.41) is 5.59. The van der Waals surface area contributed by atoms with Crippen molar-refractivity contribution >= 4 is 6.03 Å². The minimum Gasteiger partial charge on any atom is -0.493 e. The lowest BCUT2D eigenvalue weighted by molar-refractivity contribution is 0.0918. The molecule has 150 valence electrons. The van der Waals surface area contributed by atoms with E-state index in [-0.39, 0.29) is 12.1 Å². The topological polar surface area (TPSA) is 87.3 Å². The Morgan fingerprint density at radius 2 is 1.71 bits per heavy atom. The zero-order valence-corrected chi connectivity index (χ0v) is 16.1. The molecule has 2 aromatic carbocycles. The first-order valence-corrected chi connectivity index (χ1v) is 8.83. The normalized spacial score (nSPS) is 14.8. The number of carbonyl (C=O) groups is 1. The highest BCUT2D eigenvalue weighted by molar-refractivity contribution is 5.74. The number of fused-ring (bicyclic) bond motifs is 1. The van der Waals surface area contributed by atoms with Crippen molar-refractivity contribution in [3.8, 4) is 28.7 Å². The summed E-state index contributed by atoms with van der Waals surface area (Å²) in [5.74, 6) is 2.97. The number of ether oxygens (including phenoxy) is 5. The fourth-order valence-corrected chi connectivity index (χ4v) is 2.85. The van der Waals surface area contributed by atoms with Gasteiger partial charge in [-0.15, -0.1) is 0 Å². The van der Waals surface area contributed by atoms with Gasteiger partial charge >= 0.3 is 6.03 Å². The van der Waals surface area contributed by atoms with Gasteiger partial charge in [-0.1, -0.05) is 12.1 Å². The molecular weight excluding hydrogens is 364 g/mol. The van der Waals surface area contributed by atoms with Gasteiger partial charge in [-0.3, -0.25) is 0 Å². The number of hydrogen-bond acceptors (Lipinski definition) is 6. The summed E-state index contributed by atoms with van der Waals surface area (Å²) in [6, 6.07) is 10.7. The van der Waals surface area contributed by atoms with E-state index < -0.39 is 0 Å². The molecule has 0 bridgehead atoms. The molecule has 1 heterocycles. The van der Waals surface area contributed by atoms with Gasteiger partial charge in [-0.05, 0) is 29.8 Å². The van der Waals surface area contributed by atoms with Crippen molar-refractivity contribution in [2.45, 2.75) is 12.6 Å². The lowest BCUT2D eigenvalue weighted by Crippen LogP contribution is -2.44. The first-order chi connectivity index (χ1) is 13.6. The van der Waals surface area contributed by atoms with Gasteiger partial charge in [-0.2, -0.15) is 0 Å².